The number of halogens is 1. The lowest BCUT2D eigenvalue weighted by molar-refractivity contribution is 0.0540. The Labute approximate surface area is 473 Å². The summed E-state index contributed by atoms with van der Waals surface area (Å²) in [5, 5.41) is 0.519. The Hall–Kier alpha value is -9.34. The maximum Gasteiger partial charge on any atom is 0.338 e. The molecule has 0 bridgehead atoms. The third-order valence-electron chi connectivity index (χ3n) is 11.5. The minimum absolute atomic E-state index is 0.115. The van der Waals surface area contributed by atoms with Crippen molar-refractivity contribution in [2.24, 2.45) is 0 Å². The highest BCUT2D eigenvalue weighted by Gasteiger charge is 2.14. The van der Waals surface area contributed by atoms with Gasteiger partial charge in [-0.15, -0.1) is 0 Å². The zero-order valence-electron chi connectivity index (χ0n) is 43.9. The molecule has 0 radical (unpaired) electrons. The Morgan fingerprint density at radius 2 is 0.500 bits per heavy atom. The zero-order chi connectivity index (χ0) is 56.5. The third-order valence-corrected chi connectivity index (χ3v) is 12.1. The summed E-state index contributed by atoms with van der Waals surface area (Å²) in [6.07, 6.45) is 6.04. The first-order valence-corrected chi connectivity index (χ1v) is 26.4. The monoisotopic (exact) mass is 1140 g/mol. The molecule has 0 aliphatic rings. The van der Waals surface area contributed by atoms with Gasteiger partial charge in [0.2, 0.25) is 0 Å². The van der Waals surface area contributed by atoms with Gasteiger partial charge in [-0.05, 0) is 124 Å². The SMILES string of the molecule is C=CCOC(=O)c1ccc(COc2cc(COc3cc(CBr)cc(OCc4cc(OCc5ccc(C(=O)OCC=C)cc5)cc(OCc5ccc(C(=O)OCC=C)cc5)c4)c3)cc(OCc3ccc(C(=O)OCC=C)cc3)c2)cc1. The van der Waals surface area contributed by atoms with E-state index in [-0.39, 0.29) is 66.1 Å². The predicted molar refractivity (Wildman–Crippen MR) is 306 cm³/mol. The van der Waals surface area contributed by atoms with Crippen molar-refractivity contribution in [3.63, 3.8) is 0 Å². The fourth-order valence-corrected chi connectivity index (χ4v) is 7.78. The molecule has 0 N–H and O–H groups in total. The van der Waals surface area contributed by atoms with Crippen LogP contribution in [0.2, 0.25) is 0 Å². The molecule has 410 valence electrons. The molecule has 15 heteroatoms. The highest BCUT2D eigenvalue weighted by Crippen LogP contribution is 2.31. The molecule has 7 rings (SSSR count). The number of alkyl halides is 1. The Morgan fingerprint density at radius 3 is 0.700 bits per heavy atom. The highest BCUT2D eigenvalue weighted by atomic mass is 79.9. The average Bonchev–Trinajstić information content (AvgIpc) is 3.50. The summed E-state index contributed by atoms with van der Waals surface area (Å²) in [7, 11) is 0. The Balaban J connectivity index is 1.06. The lowest BCUT2D eigenvalue weighted by Gasteiger charge is -2.16. The molecule has 0 heterocycles. The molecule has 7 aromatic rings. The van der Waals surface area contributed by atoms with Crippen LogP contribution >= 0.6 is 15.9 Å². The molecular formula is C65H59BrO14. The van der Waals surface area contributed by atoms with Crippen LogP contribution < -0.4 is 28.4 Å². The average molecular weight is 1140 g/mol. The van der Waals surface area contributed by atoms with E-state index in [0.29, 0.717) is 62.1 Å². The lowest BCUT2D eigenvalue weighted by Crippen LogP contribution is -2.06. The first-order chi connectivity index (χ1) is 39.0. The summed E-state index contributed by atoms with van der Waals surface area (Å²) in [5.74, 6) is 1.37. The number of carbonyl (C=O) groups is 4. The van der Waals surface area contributed by atoms with E-state index in [1.807, 2.05) is 42.5 Å². The molecule has 14 nitrogen and oxygen atoms in total. The molecule has 0 aliphatic carbocycles. The Bertz CT molecular complexity index is 2850. The van der Waals surface area contributed by atoms with Crippen LogP contribution in [0.25, 0.3) is 0 Å². The Morgan fingerprint density at radius 1 is 0.300 bits per heavy atom. The number of benzene rings is 7. The number of esters is 4. The van der Waals surface area contributed by atoms with Crippen molar-refractivity contribution >= 4 is 39.8 Å². The molecular weight excluding hydrogens is 1080 g/mol. The predicted octanol–water partition coefficient (Wildman–Crippen LogP) is 13.4. The van der Waals surface area contributed by atoms with E-state index in [2.05, 4.69) is 42.2 Å². The second-order valence-electron chi connectivity index (χ2n) is 17.6. The smallest absolute Gasteiger partial charge is 0.338 e. The molecule has 0 fully saturated rings. The summed E-state index contributed by atoms with van der Waals surface area (Å²) in [6, 6.07) is 44.5. The fraction of sp³-hybridized carbons (Fsp3) is 0.169. The van der Waals surface area contributed by atoms with Crippen molar-refractivity contribution in [3.05, 3.63) is 263 Å². The molecule has 0 aromatic heterocycles. The molecule has 0 spiro atoms. The van der Waals surface area contributed by atoms with Crippen LogP contribution in [-0.2, 0) is 63.9 Å². The van der Waals surface area contributed by atoms with Gasteiger partial charge < -0.3 is 47.4 Å². The number of carbonyl (C=O) groups excluding carboxylic acids is 4. The lowest BCUT2D eigenvalue weighted by atomic mass is 10.1. The largest absolute Gasteiger partial charge is 0.489 e. The quantitative estimate of drug-likeness (QED) is 0.0175. The van der Waals surface area contributed by atoms with Gasteiger partial charge in [-0.1, -0.05) is 115 Å². The molecule has 7 aromatic carbocycles. The van der Waals surface area contributed by atoms with Crippen molar-refractivity contribution in [1.29, 1.82) is 0 Å². The van der Waals surface area contributed by atoms with E-state index in [9.17, 15) is 19.2 Å². The molecule has 0 amide bonds. The molecule has 0 saturated heterocycles. The van der Waals surface area contributed by atoms with E-state index >= 15 is 0 Å². The minimum atomic E-state index is -0.448. The van der Waals surface area contributed by atoms with Gasteiger partial charge in [0, 0.05) is 23.5 Å². The van der Waals surface area contributed by atoms with Crippen LogP contribution in [0.4, 0.5) is 0 Å². The first kappa shape index (κ1) is 58.3. The second kappa shape index (κ2) is 30.6. The maximum absolute atomic E-state index is 12.4. The number of hydrogen-bond acceptors (Lipinski definition) is 14. The normalized spacial score (nSPS) is 10.5. The zero-order valence-corrected chi connectivity index (χ0v) is 45.5. The van der Waals surface area contributed by atoms with Crippen LogP contribution in [0.15, 0.2) is 202 Å². The number of ether oxygens (including phenoxy) is 10. The second-order valence-corrected chi connectivity index (χ2v) is 18.2. The minimum Gasteiger partial charge on any atom is -0.489 e. The van der Waals surface area contributed by atoms with Crippen LogP contribution in [0.5, 0.6) is 34.5 Å². The molecule has 0 aliphatic heterocycles. The van der Waals surface area contributed by atoms with Crippen LogP contribution in [0, 0.1) is 0 Å². The van der Waals surface area contributed by atoms with E-state index in [1.165, 1.54) is 24.3 Å². The van der Waals surface area contributed by atoms with Gasteiger partial charge in [-0.2, -0.15) is 0 Å². The third kappa shape index (κ3) is 18.4. The van der Waals surface area contributed by atoms with E-state index in [1.54, 1.807) is 109 Å². The molecule has 0 atom stereocenters. The Kier molecular flexibility index (Phi) is 22.3. The molecule has 0 unspecified atom stereocenters. The van der Waals surface area contributed by atoms with Gasteiger partial charge in [0.25, 0.3) is 0 Å². The van der Waals surface area contributed by atoms with Gasteiger partial charge in [-0.3, -0.25) is 0 Å². The van der Waals surface area contributed by atoms with Gasteiger partial charge in [-0.25, -0.2) is 19.2 Å². The summed E-state index contributed by atoms with van der Waals surface area (Å²) in [5.41, 5.74) is 7.33. The van der Waals surface area contributed by atoms with E-state index in [4.69, 9.17) is 47.4 Å². The van der Waals surface area contributed by atoms with Crippen molar-refractivity contribution in [1.82, 2.24) is 0 Å². The fourth-order valence-electron chi connectivity index (χ4n) is 7.46. The molecule has 0 saturated carbocycles. The topological polar surface area (TPSA) is 161 Å². The van der Waals surface area contributed by atoms with Crippen LogP contribution in [0.1, 0.15) is 80.4 Å². The summed E-state index contributed by atoms with van der Waals surface area (Å²) in [4.78, 5) is 49.4. The van der Waals surface area contributed by atoms with Crippen molar-refractivity contribution < 1.29 is 66.5 Å². The standard InChI is InChI=1S/C65H59BrO14/c1-5-25-71-62(67)52-17-9-45(10-18-52)39-75-58-31-50(32-59(36-58)76-40-46-11-19-53(20-12-46)63(68)72-26-6-2)43-79-56-29-49(38-66)30-57(35-56)80-44-51-33-60(77-41-47-13-21-54(22-14-47)64(69)73-27-7-3)37-61(34-51)78-42-48-15-23-55(24-16-48)65(70)74-28-8-4/h5-24,29-37H,1-4,25-28,38-44H2. The van der Waals surface area contributed by atoms with Crippen molar-refractivity contribution in [2.45, 2.75) is 45.0 Å². The first-order valence-electron chi connectivity index (χ1n) is 25.2. The van der Waals surface area contributed by atoms with Crippen LogP contribution in [0.3, 0.4) is 0 Å². The van der Waals surface area contributed by atoms with Gasteiger partial charge in [0.05, 0.1) is 22.3 Å². The van der Waals surface area contributed by atoms with Gasteiger partial charge in [0.15, 0.2) is 0 Å². The van der Waals surface area contributed by atoms with Crippen molar-refractivity contribution in [2.75, 3.05) is 26.4 Å². The van der Waals surface area contributed by atoms with Gasteiger partial charge in [0.1, 0.15) is 101 Å². The number of rotatable bonds is 31. The van der Waals surface area contributed by atoms with Gasteiger partial charge >= 0.3 is 23.9 Å². The summed E-state index contributed by atoms with van der Waals surface area (Å²) >= 11 is 3.60. The molecule has 80 heavy (non-hydrogen) atoms. The number of hydrogen-bond donors (Lipinski definition) is 0. The van der Waals surface area contributed by atoms with Crippen molar-refractivity contribution in [3.8, 4) is 34.5 Å². The summed E-state index contributed by atoms with van der Waals surface area (Å²) in [6.45, 7) is 15.8. The van der Waals surface area contributed by atoms with E-state index < -0.39 is 23.9 Å². The van der Waals surface area contributed by atoms with E-state index in [0.717, 1.165) is 38.9 Å². The highest BCUT2D eigenvalue weighted by molar-refractivity contribution is 9.08. The van der Waals surface area contributed by atoms with Crippen LogP contribution in [-0.4, -0.2) is 50.3 Å². The maximum atomic E-state index is 12.4. The summed E-state index contributed by atoms with van der Waals surface area (Å²) < 4.78 is 58.6.